The first kappa shape index (κ1) is 10.7. The van der Waals surface area contributed by atoms with Crippen LogP contribution in [0.25, 0.3) is 0 Å². The third kappa shape index (κ3) is 2.10. The van der Waals surface area contributed by atoms with E-state index < -0.39 is 0 Å². The monoisotopic (exact) mass is 193 g/mol. The minimum absolute atomic E-state index is 0.0805. The number of aliphatic hydroxyl groups is 1. The number of hydrogen-bond donors (Lipinski definition) is 1. The maximum atomic E-state index is 10.8. The van der Waals surface area contributed by atoms with E-state index in [2.05, 4.69) is 4.99 Å². The van der Waals surface area contributed by atoms with Crippen LogP contribution in [0.4, 0.5) is 0 Å². The molecule has 0 aliphatic heterocycles. The van der Waals surface area contributed by atoms with Crippen LogP contribution in [-0.2, 0) is 4.79 Å². The summed E-state index contributed by atoms with van der Waals surface area (Å²) in [5, 5.41) is 9.24. The number of rotatable bonds is 3. The fourth-order valence-corrected chi connectivity index (χ4v) is 1.41. The Hall–Kier alpha value is -1.38. The van der Waals surface area contributed by atoms with E-state index in [-0.39, 0.29) is 11.5 Å². The summed E-state index contributed by atoms with van der Waals surface area (Å²) in [7, 11) is 0. The Kier molecular flexibility index (Phi) is 3.23. The van der Waals surface area contributed by atoms with Crippen molar-refractivity contribution < 1.29 is 9.90 Å². The molecule has 0 bridgehead atoms. The molecule has 1 aliphatic carbocycles. The van der Waals surface area contributed by atoms with Crippen molar-refractivity contribution in [1.82, 2.24) is 0 Å². The molecule has 0 atom stereocenters. The van der Waals surface area contributed by atoms with E-state index in [1.807, 2.05) is 26.8 Å². The number of allylic oxidation sites excluding steroid dienone is 4. The average Bonchev–Trinajstić information content (AvgIpc) is 2.13. The molecule has 14 heavy (non-hydrogen) atoms. The van der Waals surface area contributed by atoms with Gasteiger partial charge < -0.3 is 5.11 Å². The highest BCUT2D eigenvalue weighted by atomic mass is 16.3. The zero-order valence-corrected chi connectivity index (χ0v) is 8.79. The maximum absolute atomic E-state index is 10.8. The first-order chi connectivity index (χ1) is 6.56. The molecule has 0 aromatic carbocycles. The molecule has 0 fully saturated rings. The molecule has 0 heterocycles. The van der Waals surface area contributed by atoms with Crippen molar-refractivity contribution in [2.24, 2.45) is 4.99 Å². The number of aliphatic imine (C=N–C) groups is 1. The van der Waals surface area contributed by atoms with E-state index in [1.165, 1.54) is 0 Å². The number of nitrogens with zero attached hydrogens (tertiary/aromatic N) is 1. The van der Waals surface area contributed by atoms with Crippen LogP contribution in [0.5, 0.6) is 0 Å². The van der Waals surface area contributed by atoms with Crippen LogP contribution in [0.2, 0.25) is 0 Å². The summed E-state index contributed by atoms with van der Waals surface area (Å²) in [6, 6.07) is 0. The second kappa shape index (κ2) is 4.22. The van der Waals surface area contributed by atoms with E-state index in [9.17, 15) is 9.90 Å². The first-order valence-corrected chi connectivity index (χ1v) is 4.71. The first-order valence-electron chi connectivity index (χ1n) is 4.71. The Morgan fingerprint density at radius 1 is 1.57 bits per heavy atom. The van der Waals surface area contributed by atoms with Crippen LogP contribution in [0.15, 0.2) is 28.0 Å². The molecule has 0 unspecified atom stereocenters. The molecule has 0 spiro atoms. The molecule has 0 radical (unpaired) electrons. The zero-order valence-electron chi connectivity index (χ0n) is 8.79. The van der Waals surface area contributed by atoms with Crippen molar-refractivity contribution in [3.8, 4) is 0 Å². The van der Waals surface area contributed by atoms with Gasteiger partial charge in [-0.25, -0.2) is 0 Å². The Morgan fingerprint density at radius 2 is 2.21 bits per heavy atom. The van der Waals surface area contributed by atoms with Crippen molar-refractivity contribution in [2.75, 3.05) is 6.54 Å². The van der Waals surface area contributed by atoms with Gasteiger partial charge in [0.2, 0.25) is 5.78 Å². The molecular weight excluding hydrogens is 178 g/mol. The van der Waals surface area contributed by atoms with E-state index in [0.717, 1.165) is 23.4 Å². The topological polar surface area (TPSA) is 49.7 Å². The highest BCUT2D eigenvalue weighted by molar-refractivity contribution is 6.04. The minimum atomic E-state index is -0.169. The van der Waals surface area contributed by atoms with Gasteiger partial charge in [0, 0.05) is 24.3 Å². The summed E-state index contributed by atoms with van der Waals surface area (Å²) in [5.74, 6) is -0.249. The van der Waals surface area contributed by atoms with Crippen LogP contribution in [-0.4, -0.2) is 23.1 Å². The van der Waals surface area contributed by atoms with Gasteiger partial charge in [-0.2, -0.15) is 0 Å². The third-order valence-electron chi connectivity index (χ3n) is 2.20. The van der Waals surface area contributed by atoms with Gasteiger partial charge in [-0.1, -0.05) is 0 Å². The van der Waals surface area contributed by atoms with Gasteiger partial charge >= 0.3 is 0 Å². The molecular formula is C11H15NO2. The van der Waals surface area contributed by atoms with E-state index >= 15 is 0 Å². The van der Waals surface area contributed by atoms with Gasteiger partial charge in [0.25, 0.3) is 0 Å². The molecule has 0 amide bonds. The molecule has 1 N–H and O–H groups in total. The van der Waals surface area contributed by atoms with Crippen molar-refractivity contribution in [2.45, 2.75) is 27.2 Å². The van der Waals surface area contributed by atoms with E-state index in [0.29, 0.717) is 6.42 Å². The maximum Gasteiger partial charge on any atom is 0.201 e. The van der Waals surface area contributed by atoms with Crippen LogP contribution < -0.4 is 0 Å². The second-order valence-electron chi connectivity index (χ2n) is 3.37. The summed E-state index contributed by atoms with van der Waals surface area (Å²) in [6.45, 7) is 6.51. The summed E-state index contributed by atoms with van der Waals surface area (Å²) in [6.07, 6.45) is 2.25. The van der Waals surface area contributed by atoms with Gasteiger partial charge in [-0.05, 0) is 32.4 Å². The lowest BCUT2D eigenvalue weighted by atomic mass is 9.88. The average molecular weight is 193 g/mol. The lowest BCUT2D eigenvalue weighted by molar-refractivity contribution is -0.119. The molecule has 3 nitrogen and oxygen atoms in total. The van der Waals surface area contributed by atoms with Crippen molar-refractivity contribution in [1.29, 1.82) is 0 Å². The van der Waals surface area contributed by atoms with Crippen molar-refractivity contribution in [3.05, 3.63) is 23.0 Å². The summed E-state index contributed by atoms with van der Waals surface area (Å²) < 4.78 is 0. The summed E-state index contributed by atoms with van der Waals surface area (Å²) in [4.78, 5) is 15.0. The minimum Gasteiger partial charge on any atom is -0.504 e. The molecule has 0 saturated heterocycles. The van der Waals surface area contributed by atoms with E-state index in [1.54, 1.807) is 0 Å². The quantitative estimate of drug-likeness (QED) is 0.698. The molecule has 0 aromatic heterocycles. The Morgan fingerprint density at radius 3 is 2.64 bits per heavy atom. The lowest BCUT2D eigenvalue weighted by Crippen LogP contribution is -2.18. The van der Waals surface area contributed by atoms with E-state index in [4.69, 9.17) is 0 Å². The second-order valence-corrected chi connectivity index (χ2v) is 3.37. The zero-order chi connectivity index (χ0) is 10.7. The molecule has 3 heteroatoms. The lowest BCUT2D eigenvalue weighted by Gasteiger charge is -2.17. The molecule has 76 valence electrons. The predicted molar refractivity (Wildman–Crippen MR) is 56.7 cm³/mol. The number of aliphatic hydroxyl groups excluding tert-OH is 1. The van der Waals surface area contributed by atoms with Gasteiger partial charge in [0.15, 0.2) is 5.76 Å². The fraction of sp³-hybridized carbons (Fsp3) is 0.455. The molecule has 0 saturated carbocycles. The third-order valence-corrected chi connectivity index (χ3v) is 2.20. The molecule has 1 rings (SSSR count). The smallest absolute Gasteiger partial charge is 0.201 e. The molecule has 0 aromatic rings. The Labute approximate surface area is 83.9 Å². The highest BCUT2D eigenvalue weighted by Gasteiger charge is 2.27. The highest BCUT2D eigenvalue weighted by Crippen LogP contribution is 2.28. The number of carbonyl (C=O) groups excluding carboxylic acids is 1. The summed E-state index contributed by atoms with van der Waals surface area (Å²) in [5.41, 5.74) is 2.60. The predicted octanol–water partition coefficient (Wildman–Crippen LogP) is 2.20. The van der Waals surface area contributed by atoms with Gasteiger partial charge in [-0.15, -0.1) is 0 Å². The van der Waals surface area contributed by atoms with Crippen molar-refractivity contribution >= 4 is 11.5 Å². The van der Waals surface area contributed by atoms with Crippen LogP contribution >= 0.6 is 0 Å². The van der Waals surface area contributed by atoms with Gasteiger partial charge in [-0.3, -0.25) is 9.79 Å². The Bertz CT molecular complexity index is 348. The number of Topliss-reactive ketones (excluding diaryl/α,β-unsaturated/α-hetero) is 1. The van der Waals surface area contributed by atoms with Crippen molar-refractivity contribution in [3.63, 3.8) is 0 Å². The summed E-state index contributed by atoms with van der Waals surface area (Å²) >= 11 is 0. The Balaban J connectivity index is 2.82. The normalized spacial score (nSPS) is 18.6. The standard InChI is InChI=1S/C11H15NO2/c1-4-12-8(3)5-7(2)9-6-10(13)11(9)14/h5,14H,4,6H2,1-3H3/b7-5+,12-8-. The SMILES string of the molecule is CC/N=C(C)\C=C(/C)C1=C(O)C(=O)C1. The largest absolute Gasteiger partial charge is 0.504 e. The van der Waals surface area contributed by atoms with Crippen LogP contribution in [0, 0.1) is 0 Å². The van der Waals surface area contributed by atoms with Crippen LogP contribution in [0.1, 0.15) is 27.2 Å². The number of ketones is 1. The van der Waals surface area contributed by atoms with Gasteiger partial charge in [0.1, 0.15) is 0 Å². The number of carbonyl (C=O) groups is 1. The fourth-order valence-electron chi connectivity index (χ4n) is 1.41. The van der Waals surface area contributed by atoms with Crippen LogP contribution in [0.3, 0.4) is 0 Å². The van der Waals surface area contributed by atoms with Gasteiger partial charge in [0.05, 0.1) is 0 Å². The molecule has 1 aliphatic rings. The number of hydrogen-bond acceptors (Lipinski definition) is 3.